The van der Waals surface area contributed by atoms with Crippen LogP contribution in [0.2, 0.25) is 0 Å². The van der Waals surface area contributed by atoms with Gasteiger partial charge in [0.25, 0.3) is 0 Å². The van der Waals surface area contributed by atoms with E-state index in [1.54, 1.807) is 0 Å². The number of hydrogen-bond acceptors (Lipinski definition) is 3. The Kier molecular flexibility index (Phi) is 6.90. The second-order valence-corrected chi connectivity index (χ2v) is 6.08. The molecular formula is C17H24N2O2. The Morgan fingerprint density at radius 3 is 2.62 bits per heavy atom. The zero-order chi connectivity index (χ0) is 15.7. The van der Waals surface area contributed by atoms with E-state index < -0.39 is 5.92 Å². The Hall–Kier alpha value is -1.86. The number of nitrogens with one attached hydrogen (secondary N) is 1. The van der Waals surface area contributed by atoms with Gasteiger partial charge in [0.2, 0.25) is 5.91 Å². The molecule has 4 heteroatoms. The first-order valence-corrected chi connectivity index (χ1v) is 7.30. The van der Waals surface area contributed by atoms with Gasteiger partial charge < -0.3 is 10.4 Å². The van der Waals surface area contributed by atoms with Crippen molar-refractivity contribution in [3.63, 3.8) is 0 Å². The van der Waals surface area contributed by atoms with Gasteiger partial charge in [-0.2, -0.15) is 5.26 Å². The lowest BCUT2D eigenvalue weighted by atomic mass is 9.87. The molecule has 21 heavy (non-hydrogen) atoms. The summed E-state index contributed by atoms with van der Waals surface area (Å²) in [5.74, 6) is -0.889. The van der Waals surface area contributed by atoms with E-state index in [1.165, 1.54) is 0 Å². The largest absolute Gasteiger partial charge is 0.396 e. The number of aliphatic hydroxyl groups excluding tert-OH is 1. The summed E-state index contributed by atoms with van der Waals surface area (Å²) < 4.78 is 0. The van der Waals surface area contributed by atoms with Gasteiger partial charge in [-0.1, -0.05) is 44.2 Å². The number of benzene rings is 1. The summed E-state index contributed by atoms with van der Waals surface area (Å²) in [5, 5.41) is 20.9. The summed E-state index contributed by atoms with van der Waals surface area (Å²) in [4.78, 5) is 12.1. The van der Waals surface area contributed by atoms with Crippen molar-refractivity contribution in [2.45, 2.75) is 33.1 Å². The molecule has 0 saturated carbocycles. The predicted octanol–water partition coefficient (Wildman–Crippen LogP) is 2.28. The van der Waals surface area contributed by atoms with Crippen molar-refractivity contribution in [1.29, 1.82) is 5.26 Å². The summed E-state index contributed by atoms with van der Waals surface area (Å²) in [6.45, 7) is 4.76. The van der Waals surface area contributed by atoms with Crippen LogP contribution in [0.15, 0.2) is 30.3 Å². The normalized spacial score (nSPS) is 12.5. The van der Waals surface area contributed by atoms with E-state index in [0.717, 1.165) is 12.0 Å². The standard InChI is InChI=1S/C17H24N2O2/c1-17(2,9-6-10-20)13-19-16(21)15(12-18)11-14-7-4-3-5-8-14/h3-5,7-8,15,20H,6,9-11,13H2,1-2H3,(H,19,21). The van der Waals surface area contributed by atoms with Crippen molar-refractivity contribution >= 4 is 5.91 Å². The number of nitriles is 1. The molecule has 2 N–H and O–H groups in total. The van der Waals surface area contributed by atoms with Crippen molar-refractivity contribution in [3.05, 3.63) is 35.9 Å². The first-order chi connectivity index (χ1) is 9.98. The lowest BCUT2D eigenvalue weighted by Crippen LogP contribution is -2.38. The van der Waals surface area contributed by atoms with Crippen molar-refractivity contribution < 1.29 is 9.90 Å². The van der Waals surface area contributed by atoms with Crippen LogP contribution in [0.5, 0.6) is 0 Å². The van der Waals surface area contributed by atoms with Gasteiger partial charge in [0.1, 0.15) is 5.92 Å². The molecule has 0 radical (unpaired) electrons. The molecule has 0 saturated heterocycles. The average Bonchev–Trinajstić information content (AvgIpc) is 2.49. The van der Waals surface area contributed by atoms with Crippen LogP contribution in [0.3, 0.4) is 0 Å². The van der Waals surface area contributed by atoms with E-state index >= 15 is 0 Å². The molecule has 1 amide bonds. The molecular weight excluding hydrogens is 264 g/mol. The number of aliphatic hydroxyl groups is 1. The number of hydrogen-bond donors (Lipinski definition) is 2. The highest BCUT2D eigenvalue weighted by Gasteiger charge is 2.22. The molecule has 1 aromatic carbocycles. The van der Waals surface area contributed by atoms with Crippen molar-refractivity contribution in [2.24, 2.45) is 11.3 Å². The molecule has 0 heterocycles. The molecule has 0 bridgehead atoms. The third kappa shape index (κ3) is 6.42. The Morgan fingerprint density at radius 1 is 1.38 bits per heavy atom. The SMILES string of the molecule is CC(C)(CCCO)CNC(=O)C(C#N)Cc1ccccc1. The summed E-state index contributed by atoms with van der Waals surface area (Å²) in [6, 6.07) is 11.6. The van der Waals surface area contributed by atoms with Gasteiger partial charge >= 0.3 is 0 Å². The molecule has 1 aromatic rings. The zero-order valence-corrected chi connectivity index (χ0v) is 12.8. The van der Waals surface area contributed by atoms with Crippen LogP contribution in [-0.2, 0) is 11.2 Å². The quantitative estimate of drug-likeness (QED) is 0.770. The maximum Gasteiger partial charge on any atom is 0.237 e. The van der Waals surface area contributed by atoms with E-state index in [4.69, 9.17) is 5.11 Å². The Bertz CT molecular complexity index is 477. The highest BCUT2D eigenvalue weighted by molar-refractivity contribution is 5.81. The first kappa shape index (κ1) is 17.2. The third-order valence-electron chi connectivity index (χ3n) is 3.51. The minimum Gasteiger partial charge on any atom is -0.396 e. The zero-order valence-electron chi connectivity index (χ0n) is 12.8. The highest BCUT2D eigenvalue weighted by Crippen LogP contribution is 2.21. The van der Waals surface area contributed by atoms with Gasteiger partial charge in [-0.15, -0.1) is 0 Å². The van der Waals surface area contributed by atoms with Crippen LogP contribution >= 0.6 is 0 Å². The molecule has 0 aliphatic rings. The topological polar surface area (TPSA) is 73.1 Å². The Balaban J connectivity index is 2.51. The number of amides is 1. The van der Waals surface area contributed by atoms with Crippen LogP contribution in [0.25, 0.3) is 0 Å². The van der Waals surface area contributed by atoms with E-state index in [2.05, 4.69) is 11.4 Å². The van der Waals surface area contributed by atoms with Crippen molar-refractivity contribution in [2.75, 3.05) is 13.2 Å². The van der Waals surface area contributed by atoms with Crippen molar-refractivity contribution in [1.82, 2.24) is 5.32 Å². The summed E-state index contributed by atoms with van der Waals surface area (Å²) in [5.41, 5.74) is 0.907. The second-order valence-electron chi connectivity index (χ2n) is 6.08. The molecule has 0 aliphatic heterocycles. The fourth-order valence-corrected chi connectivity index (χ4v) is 2.14. The molecule has 0 aliphatic carbocycles. The number of nitrogens with zero attached hydrogens (tertiary/aromatic N) is 1. The van der Waals surface area contributed by atoms with Crippen LogP contribution in [-0.4, -0.2) is 24.2 Å². The molecule has 114 valence electrons. The molecule has 0 fully saturated rings. The summed E-state index contributed by atoms with van der Waals surface area (Å²) in [7, 11) is 0. The van der Waals surface area contributed by atoms with Crippen LogP contribution in [0.1, 0.15) is 32.3 Å². The molecule has 1 unspecified atom stereocenters. The molecule has 1 atom stereocenters. The first-order valence-electron chi connectivity index (χ1n) is 7.30. The average molecular weight is 288 g/mol. The van der Waals surface area contributed by atoms with Gasteiger partial charge in [0, 0.05) is 13.2 Å². The van der Waals surface area contributed by atoms with Gasteiger partial charge in [-0.25, -0.2) is 0 Å². The lowest BCUT2D eigenvalue weighted by Gasteiger charge is -2.25. The fraction of sp³-hybridized carbons (Fsp3) is 0.529. The minimum atomic E-state index is -0.666. The number of carbonyl (C=O) groups excluding carboxylic acids is 1. The highest BCUT2D eigenvalue weighted by atomic mass is 16.2. The van der Waals surface area contributed by atoms with Gasteiger partial charge in [0.15, 0.2) is 0 Å². The Morgan fingerprint density at radius 2 is 2.05 bits per heavy atom. The Labute approximate surface area is 126 Å². The molecule has 4 nitrogen and oxygen atoms in total. The van der Waals surface area contributed by atoms with Gasteiger partial charge in [-0.3, -0.25) is 4.79 Å². The lowest BCUT2D eigenvalue weighted by molar-refractivity contribution is -0.123. The monoisotopic (exact) mass is 288 g/mol. The van der Waals surface area contributed by atoms with E-state index in [-0.39, 0.29) is 17.9 Å². The molecule has 0 spiro atoms. The molecule has 0 aromatic heterocycles. The predicted molar refractivity (Wildman–Crippen MR) is 82.4 cm³/mol. The third-order valence-corrected chi connectivity index (χ3v) is 3.51. The summed E-state index contributed by atoms with van der Waals surface area (Å²) >= 11 is 0. The van der Waals surface area contributed by atoms with Crippen LogP contribution in [0.4, 0.5) is 0 Å². The summed E-state index contributed by atoms with van der Waals surface area (Å²) in [6.07, 6.45) is 1.98. The second kappa shape index (κ2) is 8.43. The smallest absolute Gasteiger partial charge is 0.237 e. The number of carbonyl (C=O) groups is 1. The molecule has 1 rings (SSSR count). The van der Waals surface area contributed by atoms with Gasteiger partial charge in [0.05, 0.1) is 6.07 Å². The van der Waals surface area contributed by atoms with E-state index in [9.17, 15) is 10.1 Å². The van der Waals surface area contributed by atoms with E-state index in [1.807, 2.05) is 44.2 Å². The van der Waals surface area contributed by atoms with Crippen molar-refractivity contribution in [3.8, 4) is 6.07 Å². The van der Waals surface area contributed by atoms with Gasteiger partial charge in [-0.05, 0) is 30.2 Å². The number of rotatable bonds is 8. The minimum absolute atomic E-state index is 0.0782. The van der Waals surface area contributed by atoms with Crippen LogP contribution in [0, 0.1) is 22.7 Å². The van der Waals surface area contributed by atoms with Crippen LogP contribution < -0.4 is 5.32 Å². The maximum absolute atomic E-state index is 12.1. The van der Waals surface area contributed by atoms with E-state index in [0.29, 0.717) is 19.4 Å². The maximum atomic E-state index is 12.1. The fourth-order valence-electron chi connectivity index (χ4n) is 2.14.